The largest absolute Gasteiger partial charge is 0.489 e. The van der Waals surface area contributed by atoms with E-state index in [1.807, 2.05) is 91.0 Å². The summed E-state index contributed by atoms with van der Waals surface area (Å²) < 4.78 is 8.02. The molecule has 0 saturated heterocycles. The van der Waals surface area contributed by atoms with Gasteiger partial charge in [-0.25, -0.2) is 4.40 Å². The van der Waals surface area contributed by atoms with E-state index in [1.54, 1.807) is 4.40 Å². The maximum absolute atomic E-state index is 13.0. The number of hydrogen-bond acceptors (Lipinski definition) is 5. The highest BCUT2D eigenvalue weighted by Gasteiger charge is 2.13. The molecular weight excluding hydrogens is 394 g/mol. The molecular formula is C24H17N3O2S. The zero-order valence-corrected chi connectivity index (χ0v) is 16.8. The standard InChI is InChI=1S/C24H17N3O2S/c28-23-21(30-24-26-25-22(27(23)24)19-9-5-2-6-10-19)15-17-11-13-20(14-12-17)29-16-18-7-3-1-4-8-18/h1-15H,16H2/b21-15+. The van der Waals surface area contributed by atoms with Gasteiger partial charge in [0.15, 0.2) is 5.82 Å². The third-order valence-electron chi connectivity index (χ3n) is 4.71. The lowest BCUT2D eigenvalue weighted by Crippen LogP contribution is -2.23. The lowest BCUT2D eigenvalue weighted by molar-refractivity contribution is 0.306. The summed E-state index contributed by atoms with van der Waals surface area (Å²) in [5.74, 6) is 1.35. The highest BCUT2D eigenvalue weighted by Crippen LogP contribution is 2.18. The second kappa shape index (κ2) is 7.93. The zero-order chi connectivity index (χ0) is 20.3. The highest BCUT2D eigenvalue weighted by atomic mass is 32.1. The molecule has 0 bridgehead atoms. The molecule has 0 aliphatic rings. The molecule has 5 nitrogen and oxygen atoms in total. The molecule has 30 heavy (non-hydrogen) atoms. The Labute approximate surface area is 176 Å². The fraction of sp³-hybridized carbons (Fsp3) is 0.0417. The van der Waals surface area contributed by atoms with Crippen LogP contribution in [0.1, 0.15) is 11.1 Å². The Balaban J connectivity index is 1.42. The van der Waals surface area contributed by atoms with Crippen molar-refractivity contribution in [2.45, 2.75) is 6.61 Å². The van der Waals surface area contributed by atoms with Gasteiger partial charge in [-0.3, -0.25) is 4.79 Å². The number of rotatable bonds is 5. The summed E-state index contributed by atoms with van der Waals surface area (Å²) in [6.07, 6.45) is 1.87. The molecule has 5 aromatic rings. The lowest BCUT2D eigenvalue weighted by Gasteiger charge is -2.06. The minimum Gasteiger partial charge on any atom is -0.489 e. The maximum atomic E-state index is 13.0. The Morgan fingerprint density at radius 1 is 0.867 bits per heavy atom. The average molecular weight is 411 g/mol. The van der Waals surface area contributed by atoms with Gasteiger partial charge in [0, 0.05) is 5.56 Å². The fourth-order valence-corrected chi connectivity index (χ4v) is 4.10. The van der Waals surface area contributed by atoms with Crippen LogP contribution in [0.5, 0.6) is 5.75 Å². The van der Waals surface area contributed by atoms with Crippen molar-refractivity contribution in [3.05, 3.63) is 111 Å². The molecule has 0 spiro atoms. The van der Waals surface area contributed by atoms with Crippen LogP contribution in [0.25, 0.3) is 22.4 Å². The molecule has 0 aliphatic carbocycles. The molecule has 0 amide bonds. The number of ether oxygens (including phenoxy) is 1. The summed E-state index contributed by atoms with van der Waals surface area (Å²) in [4.78, 5) is 13.5. The highest BCUT2D eigenvalue weighted by molar-refractivity contribution is 7.15. The van der Waals surface area contributed by atoms with Crippen LogP contribution in [0, 0.1) is 0 Å². The van der Waals surface area contributed by atoms with E-state index in [2.05, 4.69) is 10.2 Å². The topological polar surface area (TPSA) is 56.5 Å². The van der Waals surface area contributed by atoms with Crippen molar-refractivity contribution < 1.29 is 4.74 Å². The fourth-order valence-electron chi connectivity index (χ4n) is 3.19. The Hall–Kier alpha value is -3.77. The Morgan fingerprint density at radius 2 is 1.57 bits per heavy atom. The average Bonchev–Trinajstić information content (AvgIpc) is 3.35. The molecule has 6 heteroatoms. The molecule has 0 radical (unpaired) electrons. The van der Waals surface area contributed by atoms with Gasteiger partial charge in [0.05, 0.1) is 4.53 Å². The van der Waals surface area contributed by atoms with E-state index in [0.717, 1.165) is 22.4 Å². The van der Waals surface area contributed by atoms with Crippen molar-refractivity contribution >= 4 is 22.4 Å². The van der Waals surface area contributed by atoms with Gasteiger partial charge in [-0.15, -0.1) is 10.2 Å². The molecule has 0 fully saturated rings. The smallest absolute Gasteiger partial charge is 0.276 e. The number of nitrogens with zero attached hydrogens (tertiary/aromatic N) is 3. The van der Waals surface area contributed by atoms with Crippen molar-refractivity contribution in [1.82, 2.24) is 14.6 Å². The van der Waals surface area contributed by atoms with Gasteiger partial charge in [-0.1, -0.05) is 84.1 Å². The van der Waals surface area contributed by atoms with Crippen LogP contribution in [0.4, 0.5) is 0 Å². The second-order valence-electron chi connectivity index (χ2n) is 6.77. The summed E-state index contributed by atoms with van der Waals surface area (Å²) in [5, 5.41) is 8.36. The van der Waals surface area contributed by atoms with Crippen LogP contribution in [0.15, 0.2) is 89.7 Å². The van der Waals surface area contributed by atoms with E-state index >= 15 is 0 Å². The normalized spacial score (nSPS) is 11.8. The van der Waals surface area contributed by atoms with Crippen molar-refractivity contribution in [2.24, 2.45) is 0 Å². The predicted octanol–water partition coefficient (Wildman–Crippen LogP) is 3.94. The van der Waals surface area contributed by atoms with Crippen LogP contribution in [0.2, 0.25) is 0 Å². The lowest BCUT2D eigenvalue weighted by atomic mass is 10.2. The van der Waals surface area contributed by atoms with Gasteiger partial charge >= 0.3 is 0 Å². The van der Waals surface area contributed by atoms with Crippen LogP contribution in [-0.4, -0.2) is 14.6 Å². The quantitative estimate of drug-likeness (QED) is 0.440. The first-order valence-corrected chi connectivity index (χ1v) is 10.3. The minimum absolute atomic E-state index is 0.108. The van der Waals surface area contributed by atoms with Crippen LogP contribution in [-0.2, 0) is 6.61 Å². The number of benzene rings is 3. The third kappa shape index (κ3) is 3.60. The molecule has 0 N–H and O–H groups in total. The van der Waals surface area contributed by atoms with Gasteiger partial charge in [0.25, 0.3) is 5.56 Å². The van der Waals surface area contributed by atoms with E-state index in [1.165, 1.54) is 11.3 Å². The number of aromatic nitrogens is 3. The molecule has 5 rings (SSSR count). The third-order valence-corrected chi connectivity index (χ3v) is 5.67. The summed E-state index contributed by atoms with van der Waals surface area (Å²) in [5.41, 5.74) is 2.81. The molecule has 2 aromatic heterocycles. The summed E-state index contributed by atoms with van der Waals surface area (Å²) in [7, 11) is 0. The SMILES string of the molecule is O=c1/c(=C\c2ccc(OCc3ccccc3)cc2)sc2nnc(-c3ccccc3)n12. The minimum atomic E-state index is -0.108. The van der Waals surface area contributed by atoms with Gasteiger partial charge in [0.2, 0.25) is 4.96 Å². The molecule has 3 aromatic carbocycles. The second-order valence-corrected chi connectivity index (χ2v) is 7.78. The van der Waals surface area contributed by atoms with E-state index < -0.39 is 0 Å². The van der Waals surface area contributed by atoms with E-state index in [9.17, 15) is 4.79 Å². The molecule has 0 aliphatic heterocycles. The van der Waals surface area contributed by atoms with Gasteiger partial charge in [-0.05, 0) is 29.3 Å². The summed E-state index contributed by atoms with van der Waals surface area (Å²) >= 11 is 1.34. The first-order chi connectivity index (χ1) is 14.8. The zero-order valence-electron chi connectivity index (χ0n) is 15.9. The summed E-state index contributed by atoms with van der Waals surface area (Å²) in [6.45, 7) is 0.520. The molecule has 0 unspecified atom stereocenters. The van der Waals surface area contributed by atoms with E-state index in [-0.39, 0.29) is 5.56 Å². The maximum Gasteiger partial charge on any atom is 0.276 e. The Bertz CT molecular complexity index is 1390. The molecule has 0 atom stereocenters. The van der Waals surface area contributed by atoms with Crippen molar-refractivity contribution in [3.63, 3.8) is 0 Å². The van der Waals surface area contributed by atoms with Gasteiger partial charge in [-0.2, -0.15) is 0 Å². The Kier molecular flexibility index (Phi) is 4.83. The van der Waals surface area contributed by atoms with E-state index in [0.29, 0.717) is 21.9 Å². The molecule has 0 saturated carbocycles. The number of thiazole rings is 1. The van der Waals surface area contributed by atoms with Gasteiger partial charge in [0.1, 0.15) is 12.4 Å². The van der Waals surface area contributed by atoms with Crippen molar-refractivity contribution in [2.75, 3.05) is 0 Å². The number of hydrogen-bond donors (Lipinski definition) is 0. The van der Waals surface area contributed by atoms with Crippen LogP contribution < -0.4 is 14.8 Å². The summed E-state index contributed by atoms with van der Waals surface area (Å²) in [6, 6.07) is 27.4. The first-order valence-electron chi connectivity index (χ1n) is 9.50. The van der Waals surface area contributed by atoms with Crippen molar-refractivity contribution in [1.29, 1.82) is 0 Å². The van der Waals surface area contributed by atoms with Crippen molar-refractivity contribution in [3.8, 4) is 17.1 Å². The molecule has 146 valence electrons. The molecule has 2 heterocycles. The Morgan fingerprint density at radius 3 is 2.30 bits per heavy atom. The van der Waals surface area contributed by atoms with Gasteiger partial charge < -0.3 is 4.74 Å². The van der Waals surface area contributed by atoms with E-state index in [4.69, 9.17) is 4.74 Å². The van der Waals surface area contributed by atoms with Crippen LogP contribution in [0.3, 0.4) is 0 Å². The predicted molar refractivity (Wildman–Crippen MR) is 119 cm³/mol. The van der Waals surface area contributed by atoms with Crippen LogP contribution >= 0.6 is 11.3 Å². The monoisotopic (exact) mass is 411 g/mol. The first kappa shape index (κ1) is 18.3. The number of fused-ring (bicyclic) bond motifs is 1.